The Morgan fingerprint density at radius 3 is 2.67 bits per heavy atom. The molecule has 1 atom stereocenters. The quantitative estimate of drug-likeness (QED) is 0.654. The lowest BCUT2D eigenvalue weighted by atomic mass is 10.0. The first-order valence-corrected chi connectivity index (χ1v) is 9.80. The van der Waals surface area contributed by atoms with Crippen molar-refractivity contribution in [1.82, 2.24) is 9.88 Å². The summed E-state index contributed by atoms with van der Waals surface area (Å²) in [6.07, 6.45) is 4.93. The average molecular weight is 369 g/mol. The Hall–Kier alpha value is -2.36. The number of aromatic nitrogens is 1. The molecule has 1 unspecified atom stereocenters. The van der Waals surface area contributed by atoms with E-state index < -0.39 is 0 Å². The zero-order chi connectivity index (χ0) is 19.8. The Kier molecular flexibility index (Phi) is 7.83. The van der Waals surface area contributed by atoms with Crippen molar-refractivity contribution in [3.8, 4) is 5.75 Å². The van der Waals surface area contributed by atoms with Crippen LogP contribution in [-0.4, -0.2) is 35.5 Å². The van der Waals surface area contributed by atoms with Crippen LogP contribution in [0, 0.1) is 13.8 Å². The highest BCUT2D eigenvalue weighted by atomic mass is 16.5. The highest BCUT2D eigenvalue weighted by Gasteiger charge is 2.16. The first-order valence-electron chi connectivity index (χ1n) is 9.80. The Bertz CT molecular complexity index is 758. The van der Waals surface area contributed by atoms with E-state index in [0.29, 0.717) is 13.0 Å². The zero-order valence-corrected chi connectivity index (χ0v) is 17.3. The minimum absolute atomic E-state index is 0.138. The van der Waals surface area contributed by atoms with Crippen LogP contribution in [0.1, 0.15) is 49.1 Å². The molecule has 0 saturated carbocycles. The van der Waals surface area contributed by atoms with Gasteiger partial charge in [-0.25, -0.2) is 0 Å². The van der Waals surface area contributed by atoms with E-state index in [0.717, 1.165) is 36.3 Å². The van der Waals surface area contributed by atoms with Gasteiger partial charge in [0.15, 0.2) is 0 Å². The normalized spacial score (nSPS) is 11.9. The largest absolute Gasteiger partial charge is 0.494 e. The Labute approximate surface area is 163 Å². The van der Waals surface area contributed by atoms with Crippen LogP contribution in [0.2, 0.25) is 0 Å². The number of benzene rings is 1. The van der Waals surface area contributed by atoms with Crippen molar-refractivity contribution < 1.29 is 9.53 Å². The van der Waals surface area contributed by atoms with Gasteiger partial charge in [0.2, 0.25) is 5.91 Å². The lowest BCUT2D eigenvalue weighted by Crippen LogP contribution is -2.36. The summed E-state index contributed by atoms with van der Waals surface area (Å²) in [5, 5.41) is 0. The summed E-state index contributed by atoms with van der Waals surface area (Å²) in [4.78, 5) is 18.8. The van der Waals surface area contributed by atoms with Crippen molar-refractivity contribution in [2.45, 2.75) is 59.4 Å². The number of carbonyl (C=O) groups is 1. The second-order valence-electron chi connectivity index (χ2n) is 7.27. The van der Waals surface area contributed by atoms with Gasteiger partial charge in [0.25, 0.3) is 0 Å². The van der Waals surface area contributed by atoms with Crippen molar-refractivity contribution in [3.05, 3.63) is 58.9 Å². The van der Waals surface area contributed by atoms with E-state index in [1.54, 1.807) is 0 Å². The van der Waals surface area contributed by atoms with Crippen LogP contribution in [0.15, 0.2) is 36.5 Å². The number of pyridine rings is 1. The van der Waals surface area contributed by atoms with Gasteiger partial charge >= 0.3 is 0 Å². The second kappa shape index (κ2) is 10.1. The van der Waals surface area contributed by atoms with Gasteiger partial charge in [0.05, 0.1) is 6.61 Å². The SMILES string of the molecule is CCOc1ccc(CCCC(=O)N(C)C(C)Cc2cc(C)ccn2)cc1C. The monoisotopic (exact) mass is 368 g/mol. The van der Waals surface area contributed by atoms with Gasteiger partial charge in [0.1, 0.15) is 5.75 Å². The molecule has 4 heteroatoms. The van der Waals surface area contributed by atoms with Crippen LogP contribution < -0.4 is 4.74 Å². The number of carbonyl (C=O) groups excluding carboxylic acids is 1. The lowest BCUT2D eigenvalue weighted by molar-refractivity contribution is -0.131. The molecule has 0 fully saturated rings. The summed E-state index contributed by atoms with van der Waals surface area (Å²) < 4.78 is 5.58. The molecular formula is C23H32N2O2. The third-order valence-electron chi connectivity index (χ3n) is 4.93. The molecule has 4 nitrogen and oxygen atoms in total. The Balaban J connectivity index is 1.81. The molecule has 0 bridgehead atoms. The van der Waals surface area contributed by atoms with Crippen molar-refractivity contribution in [2.24, 2.45) is 0 Å². The molecule has 0 aliphatic heterocycles. The zero-order valence-electron chi connectivity index (χ0n) is 17.3. The van der Waals surface area contributed by atoms with Crippen molar-refractivity contribution in [3.63, 3.8) is 0 Å². The summed E-state index contributed by atoms with van der Waals surface area (Å²) in [6, 6.07) is 10.5. The number of amides is 1. The highest BCUT2D eigenvalue weighted by molar-refractivity contribution is 5.76. The molecule has 0 spiro atoms. The first-order chi connectivity index (χ1) is 12.9. The predicted octanol–water partition coefficient (Wildman–Crippen LogP) is 4.51. The molecule has 146 valence electrons. The van der Waals surface area contributed by atoms with E-state index in [2.05, 4.69) is 44.0 Å². The molecule has 1 amide bonds. The molecule has 0 radical (unpaired) electrons. The average Bonchev–Trinajstić information content (AvgIpc) is 2.63. The van der Waals surface area contributed by atoms with Crippen LogP contribution in [0.5, 0.6) is 5.75 Å². The maximum atomic E-state index is 12.5. The standard InChI is InChI=1S/C23H32N2O2/c1-6-27-22-11-10-20(15-18(22)3)8-7-9-23(26)25(5)19(4)16-21-14-17(2)12-13-24-21/h10-15,19H,6-9,16H2,1-5H3. The molecule has 27 heavy (non-hydrogen) atoms. The number of ether oxygens (including phenoxy) is 1. The first kappa shape index (κ1) is 20.9. The van der Waals surface area contributed by atoms with Crippen LogP contribution in [-0.2, 0) is 17.6 Å². The number of rotatable bonds is 9. The Morgan fingerprint density at radius 2 is 2.00 bits per heavy atom. The number of aryl methyl sites for hydroxylation is 3. The molecule has 1 aromatic heterocycles. The van der Waals surface area contributed by atoms with E-state index >= 15 is 0 Å². The number of likely N-dealkylation sites (N-methyl/N-ethyl adjacent to an activating group) is 1. The fourth-order valence-corrected chi connectivity index (χ4v) is 3.20. The highest BCUT2D eigenvalue weighted by Crippen LogP contribution is 2.20. The van der Waals surface area contributed by atoms with Crippen molar-refractivity contribution in [2.75, 3.05) is 13.7 Å². The molecule has 2 aromatic rings. The van der Waals surface area contributed by atoms with E-state index in [9.17, 15) is 4.79 Å². The molecule has 0 aliphatic carbocycles. The van der Waals surface area contributed by atoms with E-state index in [1.165, 1.54) is 11.1 Å². The summed E-state index contributed by atoms with van der Waals surface area (Å²) in [7, 11) is 1.89. The van der Waals surface area contributed by atoms with Gasteiger partial charge < -0.3 is 9.64 Å². The topological polar surface area (TPSA) is 42.4 Å². The van der Waals surface area contributed by atoms with Crippen molar-refractivity contribution >= 4 is 5.91 Å². The molecule has 1 aromatic carbocycles. The number of nitrogens with zero attached hydrogens (tertiary/aromatic N) is 2. The molecule has 2 rings (SSSR count). The van der Waals surface area contributed by atoms with Crippen LogP contribution >= 0.6 is 0 Å². The number of hydrogen-bond acceptors (Lipinski definition) is 3. The predicted molar refractivity (Wildman–Crippen MR) is 110 cm³/mol. The minimum atomic E-state index is 0.138. The van der Waals surface area contributed by atoms with Crippen molar-refractivity contribution in [1.29, 1.82) is 0 Å². The molecule has 0 saturated heterocycles. The third-order valence-corrected chi connectivity index (χ3v) is 4.93. The maximum absolute atomic E-state index is 12.5. The summed E-state index contributed by atoms with van der Waals surface area (Å²) in [5.74, 6) is 1.13. The van der Waals surface area contributed by atoms with Gasteiger partial charge in [-0.15, -0.1) is 0 Å². The summed E-state index contributed by atoms with van der Waals surface area (Å²) >= 11 is 0. The lowest BCUT2D eigenvalue weighted by Gasteiger charge is -2.25. The van der Waals surface area contributed by atoms with Gasteiger partial charge in [-0.1, -0.05) is 12.1 Å². The Morgan fingerprint density at radius 1 is 1.22 bits per heavy atom. The van der Waals surface area contributed by atoms with Gasteiger partial charge in [-0.3, -0.25) is 9.78 Å². The molecular weight excluding hydrogens is 336 g/mol. The summed E-state index contributed by atoms with van der Waals surface area (Å²) in [5.41, 5.74) is 4.64. The minimum Gasteiger partial charge on any atom is -0.494 e. The second-order valence-corrected chi connectivity index (χ2v) is 7.27. The maximum Gasteiger partial charge on any atom is 0.222 e. The van der Waals surface area contributed by atoms with E-state index in [1.807, 2.05) is 37.2 Å². The fourth-order valence-electron chi connectivity index (χ4n) is 3.20. The van der Waals surface area contributed by atoms with E-state index in [4.69, 9.17) is 4.74 Å². The molecule has 0 aliphatic rings. The summed E-state index contributed by atoms with van der Waals surface area (Å²) in [6.45, 7) is 8.88. The van der Waals surface area contributed by atoms with Crippen LogP contribution in [0.25, 0.3) is 0 Å². The molecule has 0 N–H and O–H groups in total. The van der Waals surface area contributed by atoms with Crippen LogP contribution in [0.3, 0.4) is 0 Å². The fraction of sp³-hybridized carbons (Fsp3) is 0.478. The van der Waals surface area contributed by atoms with E-state index in [-0.39, 0.29) is 11.9 Å². The molecule has 1 heterocycles. The third kappa shape index (κ3) is 6.38. The van der Waals surface area contributed by atoms with Gasteiger partial charge in [-0.2, -0.15) is 0 Å². The van der Waals surface area contributed by atoms with Gasteiger partial charge in [-0.05, 0) is 75.4 Å². The van der Waals surface area contributed by atoms with Gasteiger partial charge in [0, 0.05) is 37.8 Å². The number of hydrogen-bond donors (Lipinski definition) is 0. The smallest absolute Gasteiger partial charge is 0.222 e. The van der Waals surface area contributed by atoms with Crippen LogP contribution in [0.4, 0.5) is 0 Å².